The topological polar surface area (TPSA) is 41.9 Å². The van der Waals surface area contributed by atoms with Gasteiger partial charge in [0.15, 0.2) is 0 Å². The Kier molecular flexibility index (Phi) is 3.56. The number of aromatic nitrogens is 3. The molecule has 0 atom stereocenters. The third-order valence-corrected chi connectivity index (χ3v) is 4.53. The Morgan fingerprint density at radius 1 is 1.17 bits per heavy atom. The van der Waals surface area contributed by atoms with E-state index in [1.165, 1.54) is 5.01 Å². The maximum Gasteiger partial charge on any atom is 0.225 e. The van der Waals surface area contributed by atoms with Gasteiger partial charge in [-0.3, -0.25) is 0 Å². The van der Waals surface area contributed by atoms with Crippen molar-refractivity contribution >= 4 is 33.2 Å². The molecule has 1 fully saturated rings. The molecule has 0 unspecified atom stereocenters. The number of piperidine rings is 1. The van der Waals surface area contributed by atoms with Crippen LogP contribution < -0.4 is 4.90 Å². The summed E-state index contributed by atoms with van der Waals surface area (Å²) in [5.74, 6) is 1.44. The van der Waals surface area contributed by atoms with E-state index in [0.29, 0.717) is 5.92 Å². The maximum absolute atomic E-state index is 4.41. The van der Waals surface area contributed by atoms with Crippen LogP contribution in [0, 0.1) is 0 Å². The van der Waals surface area contributed by atoms with E-state index < -0.39 is 0 Å². The molecule has 0 aliphatic carbocycles. The van der Waals surface area contributed by atoms with E-state index in [-0.39, 0.29) is 0 Å². The van der Waals surface area contributed by atoms with Crippen molar-refractivity contribution in [2.24, 2.45) is 0 Å². The van der Waals surface area contributed by atoms with Crippen molar-refractivity contribution in [3.8, 4) is 0 Å². The minimum atomic E-state index is 0.608. The van der Waals surface area contributed by atoms with Crippen LogP contribution in [0.3, 0.4) is 0 Å². The lowest BCUT2D eigenvalue weighted by Gasteiger charge is -2.30. The number of anilines is 1. The summed E-state index contributed by atoms with van der Waals surface area (Å²) >= 11 is 5.12. The van der Waals surface area contributed by atoms with E-state index >= 15 is 0 Å². The van der Waals surface area contributed by atoms with Gasteiger partial charge in [-0.2, -0.15) is 0 Å². The van der Waals surface area contributed by atoms with Gasteiger partial charge >= 0.3 is 0 Å². The van der Waals surface area contributed by atoms with Gasteiger partial charge in [0.2, 0.25) is 5.95 Å². The molecule has 4 nitrogen and oxygen atoms in total. The number of halogens is 1. The highest BCUT2D eigenvalue weighted by Gasteiger charge is 2.23. The van der Waals surface area contributed by atoms with Crippen LogP contribution in [0.25, 0.3) is 0 Å². The molecule has 0 bridgehead atoms. The Labute approximate surface area is 118 Å². The summed E-state index contributed by atoms with van der Waals surface area (Å²) in [6, 6.07) is 0. The second-order valence-corrected chi connectivity index (χ2v) is 6.17. The number of thiazole rings is 1. The van der Waals surface area contributed by atoms with Gasteiger partial charge in [0.1, 0.15) is 0 Å². The second kappa shape index (κ2) is 5.32. The Morgan fingerprint density at radius 3 is 2.50 bits per heavy atom. The van der Waals surface area contributed by atoms with Gasteiger partial charge in [-0.25, -0.2) is 15.0 Å². The SMILES string of the molecule is Brc1cnc(N2CCC(c3nccs3)CC2)nc1. The van der Waals surface area contributed by atoms with Gasteiger partial charge in [-0.1, -0.05) is 0 Å². The van der Waals surface area contributed by atoms with E-state index in [9.17, 15) is 0 Å². The predicted octanol–water partition coefficient (Wildman–Crippen LogP) is 3.08. The summed E-state index contributed by atoms with van der Waals surface area (Å²) in [6.07, 6.45) is 7.76. The lowest BCUT2D eigenvalue weighted by atomic mass is 9.98. The van der Waals surface area contributed by atoms with Crippen molar-refractivity contribution in [2.75, 3.05) is 18.0 Å². The van der Waals surface area contributed by atoms with E-state index in [0.717, 1.165) is 36.4 Å². The van der Waals surface area contributed by atoms with Gasteiger partial charge < -0.3 is 4.90 Å². The number of hydrogen-bond acceptors (Lipinski definition) is 5. The smallest absolute Gasteiger partial charge is 0.225 e. The van der Waals surface area contributed by atoms with Crippen molar-refractivity contribution in [1.29, 1.82) is 0 Å². The molecule has 94 valence electrons. The molecule has 0 N–H and O–H groups in total. The highest BCUT2D eigenvalue weighted by molar-refractivity contribution is 9.10. The summed E-state index contributed by atoms with van der Waals surface area (Å²) in [4.78, 5) is 15.3. The van der Waals surface area contributed by atoms with E-state index in [4.69, 9.17) is 0 Å². The summed E-state index contributed by atoms with van der Waals surface area (Å²) < 4.78 is 0.920. The van der Waals surface area contributed by atoms with Crippen molar-refractivity contribution in [2.45, 2.75) is 18.8 Å². The molecule has 0 radical (unpaired) electrons. The summed E-state index contributed by atoms with van der Waals surface area (Å²) in [5, 5.41) is 3.32. The fraction of sp³-hybridized carbons (Fsp3) is 0.417. The van der Waals surface area contributed by atoms with Crippen LogP contribution in [0.4, 0.5) is 5.95 Å². The zero-order chi connectivity index (χ0) is 12.4. The Balaban J connectivity index is 1.65. The molecule has 1 saturated heterocycles. The molecule has 0 aromatic carbocycles. The van der Waals surface area contributed by atoms with Crippen LogP contribution in [0.5, 0.6) is 0 Å². The average Bonchev–Trinajstić information content (AvgIpc) is 2.94. The second-order valence-electron chi connectivity index (χ2n) is 4.33. The highest BCUT2D eigenvalue weighted by Crippen LogP contribution is 2.30. The molecule has 0 saturated carbocycles. The Hall–Kier alpha value is -1.01. The third kappa shape index (κ3) is 2.54. The molecular weight excluding hydrogens is 312 g/mol. The molecule has 3 heterocycles. The first-order valence-electron chi connectivity index (χ1n) is 5.95. The number of nitrogens with zero attached hydrogens (tertiary/aromatic N) is 4. The van der Waals surface area contributed by atoms with Gasteiger partial charge in [-0.15, -0.1) is 11.3 Å². The lowest BCUT2D eigenvalue weighted by Crippen LogP contribution is -2.34. The first-order chi connectivity index (χ1) is 8.83. The molecule has 2 aromatic heterocycles. The lowest BCUT2D eigenvalue weighted by molar-refractivity contribution is 0.497. The number of rotatable bonds is 2. The normalized spacial score (nSPS) is 17.1. The molecule has 1 aliphatic rings. The van der Waals surface area contributed by atoms with Crippen LogP contribution in [-0.4, -0.2) is 28.0 Å². The van der Waals surface area contributed by atoms with E-state index in [1.807, 2.05) is 6.20 Å². The first kappa shape index (κ1) is 12.0. The summed E-state index contributed by atoms with van der Waals surface area (Å²) in [5.41, 5.74) is 0. The minimum absolute atomic E-state index is 0.608. The van der Waals surface area contributed by atoms with Crippen molar-refractivity contribution < 1.29 is 0 Å². The zero-order valence-electron chi connectivity index (χ0n) is 9.79. The van der Waals surface area contributed by atoms with Crippen molar-refractivity contribution in [1.82, 2.24) is 15.0 Å². The molecule has 1 aliphatic heterocycles. The van der Waals surface area contributed by atoms with Crippen molar-refractivity contribution in [3.05, 3.63) is 33.5 Å². The van der Waals surface area contributed by atoms with Crippen LogP contribution in [-0.2, 0) is 0 Å². The van der Waals surface area contributed by atoms with Gasteiger partial charge in [-0.05, 0) is 28.8 Å². The fourth-order valence-corrected chi connectivity index (χ4v) is 3.25. The van der Waals surface area contributed by atoms with Gasteiger partial charge in [0.25, 0.3) is 0 Å². The standard InChI is InChI=1S/C12H13BrN4S/c13-10-7-15-12(16-8-10)17-4-1-9(2-5-17)11-14-3-6-18-11/h3,6-9H,1-2,4-5H2. The maximum atomic E-state index is 4.41. The fourth-order valence-electron chi connectivity index (χ4n) is 2.23. The molecule has 2 aromatic rings. The highest BCUT2D eigenvalue weighted by atomic mass is 79.9. The third-order valence-electron chi connectivity index (χ3n) is 3.19. The molecule has 6 heteroatoms. The van der Waals surface area contributed by atoms with Crippen LogP contribution in [0.15, 0.2) is 28.4 Å². The molecule has 0 spiro atoms. The quantitative estimate of drug-likeness (QED) is 0.851. The van der Waals surface area contributed by atoms with Crippen LogP contribution in [0.1, 0.15) is 23.8 Å². The average molecular weight is 325 g/mol. The molecule has 3 rings (SSSR count). The van der Waals surface area contributed by atoms with Crippen LogP contribution >= 0.6 is 27.3 Å². The summed E-state index contributed by atoms with van der Waals surface area (Å²) in [7, 11) is 0. The van der Waals surface area contributed by atoms with Crippen LogP contribution in [0.2, 0.25) is 0 Å². The van der Waals surface area contributed by atoms with Gasteiger partial charge in [0, 0.05) is 43.0 Å². The number of hydrogen-bond donors (Lipinski definition) is 0. The first-order valence-corrected chi connectivity index (χ1v) is 7.62. The zero-order valence-corrected chi connectivity index (χ0v) is 12.2. The summed E-state index contributed by atoms with van der Waals surface area (Å²) in [6.45, 7) is 2.01. The van der Waals surface area contributed by atoms with Crippen molar-refractivity contribution in [3.63, 3.8) is 0 Å². The van der Waals surface area contributed by atoms with Gasteiger partial charge in [0.05, 0.1) is 9.48 Å². The van der Waals surface area contributed by atoms with E-state index in [1.54, 1.807) is 23.7 Å². The monoisotopic (exact) mass is 324 g/mol. The molecular formula is C12H13BrN4S. The van der Waals surface area contributed by atoms with E-state index in [2.05, 4.69) is 41.2 Å². The predicted molar refractivity (Wildman–Crippen MR) is 76.0 cm³/mol. The minimum Gasteiger partial charge on any atom is -0.341 e. The molecule has 18 heavy (non-hydrogen) atoms. The molecule has 0 amide bonds. The Bertz CT molecular complexity index is 491. The largest absolute Gasteiger partial charge is 0.341 e. The Morgan fingerprint density at radius 2 is 1.89 bits per heavy atom.